The van der Waals surface area contributed by atoms with E-state index in [9.17, 15) is 24.2 Å². The predicted octanol–water partition coefficient (Wildman–Crippen LogP) is -1.12. The van der Waals surface area contributed by atoms with Gasteiger partial charge >= 0.3 is 25.5 Å². The number of nitrogens with zero attached hydrogens (tertiary/aromatic N) is 6. The fourth-order valence-electron chi connectivity index (χ4n) is 2.83. The number of carbonyl (C=O) groups excluding carboxylic acids is 2. The highest BCUT2D eigenvalue weighted by molar-refractivity contribution is 7.47. The van der Waals surface area contributed by atoms with E-state index in [1.807, 2.05) is 0 Å². The number of hydrogen-bond acceptors (Lipinski definition) is 13. The van der Waals surface area contributed by atoms with Gasteiger partial charge < -0.3 is 30.7 Å². The van der Waals surface area contributed by atoms with Crippen molar-refractivity contribution in [2.75, 3.05) is 18.9 Å². The Balaban J connectivity index is 1.56. The Labute approximate surface area is 184 Å². The van der Waals surface area contributed by atoms with Crippen LogP contribution in [0.15, 0.2) is 12.7 Å². The number of imidazole rings is 1. The summed E-state index contributed by atoms with van der Waals surface area (Å²) >= 11 is 0. The molecular formula is C15H18N7O10P. The van der Waals surface area contributed by atoms with E-state index in [0.717, 1.165) is 0 Å². The summed E-state index contributed by atoms with van der Waals surface area (Å²) in [5.74, 6) is -2.91. The molecule has 0 saturated carbocycles. The van der Waals surface area contributed by atoms with E-state index >= 15 is 0 Å². The van der Waals surface area contributed by atoms with E-state index in [-0.39, 0.29) is 18.8 Å². The summed E-state index contributed by atoms with van der Waals surface area (Å²) in [5.41, 5.74) is 13.8. The normalized spacial score (nSPS) is 21.8. The predicted molar refractivity (Wildman–Crippen MR) is 102 cm³/mol. The third-order valence-electron chi connectivity index (χ3n) is 4.22. The minimum absolute atomic E-state index is 0.00509. The molecule has 0 amide bonds. The molecule has 33 heavy (non-hydrogen) atoms. The van der Waals surface area contributed by atoms with Crippen LogP contribution in [0.3, 0.4) is 0 Å². The number of aliphatic hydroxyl groups is 1. The van der Waals surface area contributed by atoms with Crippen molar-refractivity contribution >= 4 is 42.5 Å². The number of ether oxygens (including phenoxy) is 2. The molecule has 1 aliphatic rings. The maximum Gasteiger partial charge on any atom is 0.508 e. The molecule has 2 aromatic rings. The van der Waals surface area contributed by atoms with Crippen LogP contribution in [-0.2, 0) is 37.7 Å². The van der Waals surface area contributed by atoms with Gasteiger partial charge in [-0.05, 0) is 6.92 Å². The lowest BCUT2D eigenvalue weighted by molar-refractivity contribution is -0.219. The van der Waals surface area contributed by atoms with Crippen molar-refractivity contribution in [3.8, 4) is 0 Å². The van der Waals surface area contributed by atoms with Crippen LogP contribution < -0.4 is 5.73 Å². The van der Waals surface area contributed by atoms with E-state index in [1.165, 1.54) is 24.1 Å². The van der Waals surface area contributed by atoms with Crippen molar-refractivity contribution in [1.82, 2.24) is 19.5 Å². The van der Waals surface area contributed by atoms with E-state index < -0.39 is 50.5 Å². The topological polar surface area (TPSA) is 244 Å². The first-order valence-electron chi connectivity index (χ1n) is 9.20. The Morgan fingerprint density at radius 1 is 1.39 bits per heavy atom. The maximum atomic E-state index is 11.9. The van der Waals surface area contributed by atoms with Crippen LogP contribution >= 0.6 is 7.82 Å². The van der Waals surface area contributed by atoms with Gasteiger partial charge in [-0.3, -0.25) is 14.0 Å². The number of anilines is 1. The van der Waals surface area contributed by atoms with Gasteiger partial charge in [0.25, 0.3) is 0 Å². The first-order chi connectivity index (χ1) is 15.7. The molecule has 1 fully saturated rings. The Bertz CT molecular complexity index is 1150. The zero-order valence-corrected chi connectivity index (χ0v) is 17.8. The lowest BCUT2D eigenvalue weighted by atomic mass is 10.2. The lowest BCUT2D eigenvalue weighted by Crippen LogP contribution is -2.29. The van der Waals surface area contributed by atoms with E-state index in [2.05, 4.69) is 34.0 Å². The summed E-state index contributed by atoms with van der Waals surface area (Å²) in [6, 6.07) is 0. The number of phosphoric ester groups is 1. The Kier molecular flexibility index (Phi) is 7.45. The molecule has 4 atom stereocenters. The van der Waals surface area contributed by atoms with Crippen LogP contribution in [0.1, 0.15) is 19.6 Å². The molecule has 3 rings (SSSR count). The first kappa shape index (κ1) is 24.3. The second-order valence-corrected chi connectivity index (χ2v) is 7.76. The second-order valence-electron chi connectivity index (χ2n) is 6.41. The minimum atomic E-state index is -4.99. The zero-order chi connectivity index (χ0) is 24.2. The van der Waals surface area contributed by atoms with Crippen molar-refractivity contribution in [3.05, 3.63) is 18.2 Å². The lowest BCUT2D eigenvalue weighted by Gasteiger charge is -2.17. The summed E-state index contributed by atoms with van der Waals surface area (Å²) in [5, 5.41) is 10.3. The van der Waals surface area contributed by atoms with Crippen molar-refractivity contribution in [2.45, 2.75) is 31.8 Å². The number of phosphoric acid groups is 1. The molecule has 17 nitrogen and oxygen atoms in total. The fourth-order valence-corrected chi connectivity index (χ4v) is 3.39. The molecule has 1 unspecified atom stereocenters. The highest BCUT2D eigenvalue weighted by atomic mass is 31.2. The Morgan fingerprint density at radius 2 is 2.15 bits per heavy atom. The molecule has 0 spiro atoms. The van der Waals surface area contributed by atoms with Crippen molar-refractivity contribution in [3.63, 3.8) is 0 Å². The number of nitrogens with two attached hydrogens (primary N) is 1. The van der Waals surface area contributed by atoms with Gasteiger partial charge in [0.05, 0.1) is 25.6 Å². The minimum Gasteiger partial charge on any atom is -0.457 e. The van der Waals surface area contributed by atoms with Gasteiger partial charge in [0, 0.05) is 6.42 Å². The fraction of sp³-hybridized carbons (Fsp3) is 0.467. The molecule has 3 heterocycles. The second kappa shape index (κ2) is 10.1. The van der Waals surface area contributed by atoms with Crippen LogP contribution in [0.4, 0.5) is 5.82 Å². The molecule has 0 radical (unpaired) electrons. The van der Waals surface area contributed by atoms with Crippen LogP contribution in [0.25, 0.3) is 16.7 Å². The maximum absolute atomic E-state index is 11.9. The summed E-state index contributed by atoms with van der Waals surface area (Å²) in [6.07, 6.45) is -0.340. The number of fused-ring (bicyclic) bond motifs is 1. The Morgan fingerprint density at radius 3 is 2.85 bits per heavy atom. The average molecular weight is 487 g/mol. The molecule has 1 saturated heterocycles. The SMILES string of the molecule is CCOC(=O)C(=[N+]=[N-])C(=O)OOP(=O)(O)OC[C@@H]1C[C@@H](O)[C@H](n2cnc3c(N)ncnc32)O1. The quantitative estimate of drug-likeness (QED) is 0.0554. The third-order valence-corrected chi connectivity index (χ3v) is 4.96. The highest BCUT2D eigenvalue weighted by Gasteiger charge is 2.40. The van der Waals surface area contributed by atoms with Crippen LogP contribution in [0.2, 0.25) is 0 Å². The van der Waals surface area contributed by atoms with Gasteiger partial charge in [-0.25, -0.2) is 29.1 Å². The van der Waals surface area contributed by atoms with Gasteiger partial charge in [-0.15, -0.1) is 0 Å². The van der Waals surface area contributed by atoms with E-state index in [4.69, 9.17) is 20.5 Å². The summed E-state index contributed by atoms with van der Waals surface area (Å²) in [4.78, 5) is 51.0. The number of hydrogen-bond donors (Lipinski definition) is 3. The van der Waals surface area contributed by atoms with Crippen LogP contribution in [0, 0.1) is 0 Å². The van der Waals surface area contributed by atoms with Gasteiger partial charge in [-0.1, -0.05) is 4.67 Å². The zero-order valence-electron chi connectivity index (χ0n) is 16.9. The van der Waals surface area contributed by atoms with E-state index in [1.54, 1.807) is 0 Å². The summed E-state index contributed by atoms with van der Waals surface area (Å²) in [7, 11) is -4.99. The third kappa shape index (κ3) is 5.55. The summed E-state index contributed by atoms with van der Waals surface area (Å²) < 4.78 is 32.2. The molecule has 4 N–H and O–H groups in total. The average Bonchev–Trinajstić information content (AvgIpc) is 3.35. The molecule has 0 aromatic carbocycles. The molecule has 0 aliphatic carbocycles. The molecule has 1 aliphatic heterocycles. The molecule has 178 valence electrons. The van der Waals surface area contributed by atoms with Gasteiger partial charge in [0.1, 0.15) is 17.9 Å². The van der Waals surface area contributed by atoms with Gasteiger partial charge in [0.15, 0.2) is 17.7 Å². The van der Waals surface area contributed by atoms with E-state index in [0.29, 0.717) is 11.2 Å². The largest absolute Gasteiger partial charge is 0.508 e. The first-order valence-corrected chi connectivity index (χ1v) is 10.7. The number of rotatable bonds is 9. The van der Waals surface area contributed by atoms with Gasteiger partial charge in [0.2, 0.25) is 0 Å². The highest BCUT2D eigenvalue weighted by Crippen LogP contribution is 2.44. The van der Waals surface area contributed by atoms with Crippen molar-refractivity contribution < 1.29 is 52.5 Å². The standard InChI is InChI=1S/C15H18N7O10P/c1-2-28-14(24)10(21-17)15(25)31-32-33(26,27)29-4-7-3-8(23)13(30-7)22-6-20-9-11(16)18-5-19-12(9)22/h5-8,13,23H,2-4H2,1H3,(H,26,27)(H2,16,18,19)/t7-,8+,13+/m0/s1. The van der Waals surface area contributed by atoms with Crippen molar-refractivity contribution in [2.24, 2.45) is 0 Å². The number of esters is 1. The number of aromatic nitrogens is 4. The number of carbonyl (C=O) groups is 2. The van der Waals surface area contributed by atoms with Gasteiger partial charge in [-0.2, -0.15) is 4.79 Å². The Hall–Kier alpha value is -3.30. The number of nitrogen functional groups attached to an aromatic ring is 1. The van der Waals surface area contributed by atoms with Crippen LogP contribution in [0.5, 0.6) is 0 Å². The van der Waals surface area contributed by atoms with Crippen molar-refractivity contribution in [1.29, 1.82) is 0 Å². The molecule has 18 heteroatoms. The van der Waals surface area contributed by atoms with Crippen LogP contribution in [-0.4, -0.2) is 77.4 Å². The number of aliphatic hydroxyl groups excluding tert-OH is 1. The monoisotopic (exact) mass is 487 g/mol. The molecular weight excluding hydrogens is 469 g/mol. The smallest absolute Gasteiger partial charge is 0.457 e. The molecule has 2 aromatic heterocycles. The summed E-state index contributed by atoms with van der Waals surface area (Å²) in [6.45, 7) is 0.730. The molecule has 0 bridgehead atoms.